The van der Waals surface area contributed by atoms with Gasteiger partial charge in [0.15, 0.2) is 10.5 Å². The third kappa shape index (κ3) is 2.24. The third-order valence-electron chi connectivity index (χ3n) is 3.28. The number of hydrogen-bond donors (Lipinski definition) is 1. The van der Waals surface area contributed by atoms with Crippen LogP contribution in [0.4, 0.5) is 5.82 Å². The van der Waals surface area contributed by atoms with Gasteiger partial charge in [0, 0.05) is 11.3 Å². The predicted molar refractivity (Wildman–Crippen MR) is 80.9 cm³/mol. The highest BCUT2D eigenvalue weighted by Crippen LogP contribution is 2.42. The maximum Gasteiger partial charge on any atom is 0.257 e. The number of nitrogen functional groups attached to an aromatic ring is 1. The summed E-state index contributed by atoms with van der Waals surface area (Å²) in [6, 6.07) is 9.26. The van der Waals surface area contributed by atoms with E-state index in [4.69, 9.17) is 5.73 Å². The van der Waals surface area contributed by atoms with Gasteiger partial charge in [-0.3, -0.25) is 9.36 Å². The molecule has 1 aliphatic rings. The molecule has 0 saturated heterocycles. The SMILES string of the molecule is CC1Sc2nc(N)cc(=O)n2C1S(=O)(=O)c1ccccc1. The van der Waals surface area contributed by atoms with E-state index in [1.54, 1.807) is 25.1 Å². The van der Waals surface area contributed by atoms with Crippen LogP contribution >= 0.6 is 11.8 Å². The van der Waals surface area contributed by atoms with E-state index in [0.29, 0.717) is 5.16 Å². The minimum Gasteiger partial charge on any atom is -0.383 e. The van der Waals surface area contributed by atoms with Crippen LogP contribution in [0, 0.1) is 0 Å². The van der Waals surface area contributed by atoms with Gasteiger partial charge in [0.05, 0.1) is 4.90 Å². The standard InChI is InChI=1S/C13H13N3O3S2/c1-8-12(21(18,19)9-5-3-2-4-6-9)16-11(17)7-10(14)15-13(16)20-8/h2-8,12H,14H2,1H3. The van der Waals surface area contributed by atoms with Crippen molar-refractivity contribution < 1.29 is 8.42 Å². The molecule has 1 aliphatic heterocycles. The number of thioether (sulfide) groups is 1. The smallest absolute Gasteiger partial charge is 0.257 e. The van der Waals surface area contributed by atoms with Gasteiger partial charge in [-0.05, 0) is 19.1 Å². The fourth-order valence-electron chi connectivity index (χ4n) is 2.38. The van der Waals surface area contributed by atoms with Crippen LogP contribution in [0.1, 0.15) is 12.3 Å². The number of aromatic nitrogens is 2. The Hall–Kier alpha value is -1.80. The Balaban J connectivity index is 2.20. The number of rotatable bonds is 2. The first-order valence-electron chi connectivity index (χ1n) is 6.26. The lowest BCUT2D eigenvalue weighted by Gasteiger charge is -2.17. The average Bonchev–Trinajstić information content (AvgIpc) is 2.76. The van der Waals surface area contributed by atoms with E-state index >= 15 is 0 Å². The van der Waals surface area contributed by atoms with Crippen LogP contribution in [0.15, 0.2) is 51.2 Å². The zero-order chi connectivity index (χ0) is 15.2. The molecule has 0 fully saturated rings. The second-order valence-electron chi connectivity index (χ2n) is 4.74. The number of sulfone groups is 1. The summed E-state index contributed by atoms with van der Waals surface area (Å²) in [5, 5.41) is -0.949. The highest BCUT2D eigenvalue weighted by Gasteiger charge is 2.42. The van der Waals surface area contributed by atoms with Crippen molar-refractivity contribution in [1.29, 1.82) is 0 Å². The molecule has 1 aromatic carbocycles. The number of anilines is 1. The van der Waals surface area contributed by atoms with Crippen LogP contribution in [0.25, 0.3) is 0 Å². The van der Waals surface area contributed by atoms with Gasteiger partial charge in [-0.15, -0.1) is 0 Å². The molecule has 2 aromatic rings. The molecule has 0 aliphatic carbocycles. The van der Waals surface area contributed by atoms with Gasteiger partial charge in [0.25, 0.3) is 5.56 Å². The third-order valence-corrected chi connectivity index (χ3v) is 6.76. The lowest BCUT2D eigenvalue weighted by Crippen LogP contribution is -2.32. The summed E-state index contributed by atoms with van der Waals surface area (Å²) in [5.74, 6) is 0.101. The van der Waals surface area contributed by atoms with E-state index < -0.39 is 20.8 Å². The minimum atomic E-state index is -3.68. The van der Waals surface area contributed by atoms with Gasteiger partial charge in [0.1, 0.15) is 5.82 Å². The summed E-state index contributed by atoms with van der Waals surface area (Å²) in [5.41, 5.74) is 5.11. The van der Waals surface area contributed by atoms with Crippen molar-refractivity contribution in [1.82, 2.24) is 9.55 Å². The summed E-state index contributed by atoms with van der Waals surface area (Å²) in [7, 11) is -3.68. The van der Waals surface area contributed by atoms with E-state index in [2.05, 4.69) is 4.98 Å². The molecule has 2 atom stereocenters. The first kappa shape index (κ1) is 14.2. The monoisotopic (exact) mass is 323 g/mol. The Kier molecular flexibility index (Phi) is 3.29. The minimum absolute atomic E-state index is 0.101. The molecule has 110 valence electrons. The molecule has 2 unspecified atom stereocenters. The average molecular weight is 323 g/mol. The summed E-state index contributed by atoms with van der Waals surface area (Å²) in [6.45, 7) is 1.76. The van der Waals surface area contributed by atoms with Gasteiger partial charge in [-0.2, -0.15) is 0 Å². The Morgan fingerprint density at radius 3 is 2.62 bits per heavy atom. The Morgan fingerprint density at radius 1 is 1.29 bits per heavy atom. The highest BCUT2D eigenvalue weighted by atomic mass is 32.2. The number of benzene rings is 1. The molecule has 0 amide bonds. The van der Waals surface area contributed by atoms with Crippen molar-refractivity contribution in [2.75, 3.05) is 5.73 Å². The van der Waals surface area contributed by atoms with Crippen molar-refractivity contribution in [2.45, 2.75) is 27.6 Å². The van der Waals surface area contributed by atoms with Crippen LogP contribution < -0.4 is 11.3 Å². The molecule has 0 bridgehead atoms. The van der Waals surface area contributed by atoms with E-state index in [1.165, 1.54) is 28.5 Å². The fraction of sp³-hybridized carbons (Fsp3) is 0.231. The highest BCUT2D eigenvalue weighted by molar-refractivity contribution is 8.01. The lowest BCUT2D eigenvalue weighted by molar-refractivity contribution is 0.524. The van der Waals surface area contributed by atoms with Crippen LogP contribution in [0.3, 0.4) is 0 Å². The Bertz CT molecular complexity index is 847. The fourth-order valence-corrected chi connectivity index (χ4v) is 5.90. The molecule has 6 nitrogen and oxygen atoms in total. The van der Waals surface area contributed by atoms with Crippen LogP contribution in [0.2, 0.25) is 0 Å². The second-order valence-corrected chi connectivity index (χ2v) is 8.13. The molecule has 8 heteroatoms. The Morgan fingerprint density at radius 2 is 1.95 bits per heavy atom. The van der Waals surface area contributed by atoms with Crippen LogP contribution in [-0.2, 0) is 9.84 Å². The van der Waals surface area contributed by atoms with Gasteiger partial charge in [0.2, 0.25) is 9.84 Å². The Labute approximate surface area is 125 Å². The van der Waals surface area contributed by atoms with Crippen molar-refractivity contribution in [2.24, 2.45) is 0 Å². The number of nitrogens with two attached hydrogens (primary N) is 1. The van der Waals surface area contributed by atoms with Crippen LogP contribution in [-0.4, -0.2) is 23.2 Å². The quantitative estimate of drug-likeness (QED) is 0.837. The molecular weight excluding hydrogens is 310 g/mol. The summed E-state index contributed by atoms with van der Waals surface area (Å²) >= 11 is 1.24. The maximum atomic E-state index is 12.8. The van der Waals surface area contributed by atoms with Crippen molar-refractivity contribution in [3.8, 4) is 0 Å². The molecular formula is C13H13N3O3S2. The molecule has 3 rings (SSSR count). The lowest BCUT2D eigenvalue weighted by atomic mass is 10.4. The predicted octanol–water partition coefficient (Wildman–Crippen LogP) is 1.29. The number of nitrogens with zero attached hydrogens (tertiary/aromatic N) is 2. The number of fused-ring (bicyclic) bond motifs is 1. The maximum absolute atomic E-state index is 12.8. The van der Waals surface area contributed by atoms with Crippen molar-refractivity contribution in [3.63, 3.8) is 0 Å². The molecule has 0 spiro atoms. The largest absolute Gasteiger partial charge is 0.383 e. The van der Waals surface area contributed by atoms with E-state index in [9.17, 15) is 13.2 Å². The molecule has 2 N–H and O–H groups in total. The van der Waals surface area contributed by atoms with Crippen molar-refractivity contribution in [3.05, 3.63) is 46.8 Å². The summed E-state index contributed by atoms with van der Waals surface area (Å²) < 4.78 is 26.8. The molecule has 21 heavy (non-hydrogen) atoms. The van der Waals surface area contributed by atoms with Crippen LogP contribution in [0.5, 0.6) is 0 Å². The number of hydrogen-bond acceptors (Lipinski definition) is 6. The van der Waals surface area contributed by atoms with Gasteiger partial charge < -0.3 is 5.73 Å². The normalized spacial score (nSPS) is 21.2. The zero-order valence-corrected chi connectivity index (χ0v) is 12.8. The summed E-state index contributed by atoms with van der Waals surface area (Å²) in [4.78, 5) is 16.4. The molecule has 1 aromatic heterocycles. The second kappa shape index (κ2) is 4.88. The van der Waals surface area contributed by atoms with Crippen molar-refractivity contribution >= 4 is 27.4 Å². The van der Waals surface area contributed by atoms with Gasteiger partial charge in [-0.1, -0.05) is 30.0 Å². The molecule has 0 radical (unpaired) electrons. The van der Waals surface area contributed by atoms with E-state index in [-0.39, 0.29) is 16.0 Å². The van der Waals surface area contributed by atoms with E-state index in [1.807, 2.05) is 0 Å². The molecule has 2 heterocycles. The zero-order valence-electron chi connectivity index (χ0n) is 11.1. The van der Waals surface area contributed by atoms with Gasteiger partial charge in [-0.25, -0.2) is 13.4 Å². The first-order chi connectivity index (χ1) is 9.91. The van der Waals surface area contributed by atoms with Gasteiger partial charge >= 0.3 is 0 Å². The summed E-state index contributed by atoms with van der Waals surface area (Å²) in [6.07, 6.45) is 0. The topological polar surface area (TPSA) is 95.0 Å². The molecule has 0 saturated carbocycles. The van der Waals surface area contributed by atoms with E-state index in [0.717, 1.165) is 6.07 Å². The first-order valence-corrected chi connectivity index (χ1v) is 8.68.